The van der Waals surface area contributed by atoms with Crippen LogP contribution in [0.5, 0.6) is 0 Å². The molecule has 1 N–H and O–H groups in total. The van der Waals surface area contributed by atoms with Crippen LogP contribution in [-0.2, 0) is 14.3 Å². The van der Waals surface area contributed by atoms with Crippen LogP contribution in [0.1, 0.15) is 0 Å². The van der Waals surface area contributed by atoms with Gasteiger partial charge in [-0.05, 0) is 7.05 Å². The topological polar surface area (TPSA) is 58.6 Å². The number of nitrogens with zero attached hydrogens (tertiary/aromatic N) is 1. The third-order valence-electron chi connectivity index (χ3n) is 1.64. The van der Waals surface area contributed by atoms with Crippen molar-refractivity contribution in [2.75, 3.05) is 33.4 Å². The zero-order chi connectivity index (χ0) is 8.97. The molecule has 0 aromatic rings. The Labute approximate surface area is 70.7 Å². The lowest BCUT2D eigenvalue weighted by molar-refractivity contribution is -0.158. The van der Waals surface area contributed by atoms with Gasteiger partial charge in [0.15, 0.2) is 0 Å². The quantitative estimate of drug-likeness (QED) is 0.531. The minimum absolute atomic E-state index is 0.0233. The molecule has 5 nitrogen and oxygen atoms in total. The Balaban J connectivity index is 2.45. The molecule has 1 heterocycles. The van der Waals surface area contributed by atoms with Crippen LogP contribution in [0.2, 0.25) is 0 Å². The van der Waals surface area contributed by atoms with Gasteiger partial charge in [0.05, 0.1) is 0 Å². The van der Waals surface area contributed by atoms with Crippen molar-refractivity contribution < 1.29 is 14.3 Å². The van der Waals surface area contributed by atoms with Crippen LogP contribution >= 0.6 is 0 Å². The van der Waals surface area contributed by atoms with Gasteiger partial charge in [0, 0.05) is 13.1 Å². The summed E-state index contributed by atoms with van der Waals surface area (Å²) in [5.74, 6) is -0.497. The average molecular weight is 172 g/mol. The number of carbonyl (C=O) groups excluding carboxylic acids is 2. The molecule has 0 aromatic carbocycles. The molecule has 1 rings (SSSR count). The van der Waals surface area contributed by atoms with Crippen LogP contribution in [0.4, 0.5) is 0 Å². The average Bonchev–Trinajstić information content (AvgIpc) is 2.04. The van der Waals surface area contributed by atoms with Gasteiger partial charge in [0.1, 0.15) is 13.2 Å². The lowest BCUT2D eigenvalue weighted by atomic mass is 10.4. The van der Waals surface area contributed by atoms with E-state index in [9.17, 15) is 9.59 Å². The van der Waals surface area contributed by atoms with E-state index in [0.717, 1.165) is 0 Å². The van der Waals surface area contributed by atoms with E-state index in [1.54, 1.807) is 7.05 Å². The number of morpholine rings is 1. The number of imide groups is 1. The molecule has 68 valence electrons. The molecular formula is C7H12N2O3. The molecule has 1 aliphatic heterocycles. The summed E-state index contributed by atoms with van der Waals surface area (Å²) in [6.07, 6.45) is 0. The van der Waals surface area contributed by atoms with Crippen molar-refractivity contribution in [2.24, 2.45) is 0 Å². The van der Waals surface area contributed by atoms with Gasteiger partial charge in [-0.2, -0.15) is 0 Å². The maximum absolute atomic E-state index is 11.1. The first-order chi connectivity index (χ1) is 5.75. The van der Waals surface area contributed by atoms with Gasteiger partial charge >= 0.3 is 0 Å². The molecular weight excluding hydrogens is 160 g/mol. The van der Waals surface area contributed by atoms with E-state index in [4.69, 9.17) is 4.74 Å². The standard InChI is InChI=1S/C7H12N2O3/c1-8-2-3-9-6(10)4-12-5-7(9)11/h8H,2-5H2,1H3. The number of hydrogen-bond donors (Lipinski definition) is 1. The molecule has 0 aliphatic carbocycles. The van der Waals surface area contributed by atoms with E-state index in [1.165, 1.54) is 4.90 Å². The van der Waals surface area contributed by atoms with Crippen molar-refractivity contribution >= 4 is 11.8 Å². The van der Waals surface area contributed by atoms with E-state index >= 15 is 0 Å². The van der Waals surface area contributed by atoms with Crippen molar-refractivity contribution in [3.63, 3.8) is 0 Å². The van der Waals surface area contributed by atoms with E-state index in [0.29, 0.717) is 13.1 Å². The van der Waals surface area contributed by atoms with Crippen molar-refractivity contribution in [1.29, 1.82) is 0 Å². The summed E-state index contributed by atoms with van der Waals surface area (Å²) in [5, 5.41) is 2.87. The summed E-state index contributed by atoms with van der Waals surface area (Å²) in [7, 11) is 1.77. The highest BCUT2D eigenvalue weighted by Crippen LogP contribution is 1.99. The highest BCUT2D eigenvalue weighted by atomic mass is 16.5. The monoisotopic (exact) mass is 172 g/mol. The SMILES string of the molecule is CNCCN1C(=O)COCC1=O. The first-order valence-corrected chi connectivity index (χ1v) is 3.81. The van der Waals surface area contributed by atoms with Gasteiger partial charge in [-0.3, -0.25) is 14.5 Å². The zero-order valence-electron chi connectivity index (χ0n) is 7.00. The Morgan fingerprint density at radius 2 is 2.00 bits per heavy atom. The summed E-state index contributed by atoms with van der Waals surface area (Å²) in [6, 6.07) is 0. The van der Waals surface area contributed by atoms with Gasteiger partial charge in [0.25, 0.3) is 11.8 Å². The maximum atomic E-state index is 11.1. The number of likely N-dealkylation sites (N-methyl/N-ethyl adjacent to an activating group) is 1. The molecule has 0 aromatic heterocycles. The minimum Gasteiger partial charge on any atom is -0.362 e. The van der Waals surface area contributed by atoms with E-state index in [1.807, 2.05) is 0 Å². The van der Waals surface area contributed by atoms with Crippen LogP contribution in [0.15, 0.2) is 0 Å². The highest BCUT2D eigenvalue weighted by molar-refractivity contribution is 5.98. The summed E-state index contributed by atoms with van der Waals surface area (Å²) in [5.41, 5.74) is 0. The highest BCUT2D eigenvalue weighted by Gasteiger charge is 2.25. The van der Waals surface area contributed by atoms with Gasteiger partial charge in [-0.15, -0.1) is 0 Å². The van der Waals surface area contributed by atoms with Crippen LogP contribution < -0.4 is 5.32 Å². The fraction of sp³-hybridized carbons (Fsp3) is 0.714. The van der Waals surface area contributed by atoms with E-state index in [-0.39, 0.29) is 25.0 Å². The Morgan fingerprint density at radius 3 is 2.50 bits per heavy atom. The maximum Gasteiger partial charge on any atom is 0.255 e. The van der Waals surface area contributed by atoms with Crippen molar-refractivity contribution in [3.05, 3.63) is 0 Å². The molecule has 0 saturated carbocycles. The Morgan fingerprint density at radius 1 is 1.42 bits per heavy atom. The van der Waals surface area contributed by atoms with Crippen molar-refractivity contribution in [1.82, 2.24) is 10.2 Å². The fourth-order valence-corrected chi connectivity index (χ4v) is 0.994. The van der Waals surface area contributed by atoms with Crippen molar-refractivity contribution in [2.45, 2.75) is 0 Å². The number of amides is 2. The van der Waals surface area contributed by atoms with Gasteiger partial charge in [-0.1, -0.05) is 0 Å². The summed E-state index contributed by atoms with van der Waals surface area (Å²) < 4.78 is 4.74. The van der Waals surface area contributed by atoms with Crippen LogP contribution in [0.3, 0.4) is 0 Å². The van der Waals surface area contributed by atoms with Crippen molar-refractivity contribution in [3.8, 4) is 0 Å². The smallest absolute Gasteiger partial charge is 0.255 e. The van der Waals surface area contributed by atoms with Crippen LogP contribution in [-0.4, -0.2) is 50.1 Å². The fourth-order valence-electron chi connectivity index (χ4n) is 0.994. The lowest BCUT2D eigenvalue weighted by Gasteiger charge is -2.24. The first-order valence-electron chi connectivity index (χ1n) is 3.81. The van der Waals surface area contributed by atoms with Crippen LogP contribution in [0, 0.1) is 0 Å². The van der Waals surface area contributed by atoms with Gasteiger partial charge in [-0.25, -0.2) is 0 Å². The second-order valence-corrected chi connectivity index (χ2v) is 2.54. The Kier molecular flexibility index (Phi) is 3.19. The third-order valence-corrected chi connectivity index (χ3v) is 1.64. The molecule has 1 saturated heterocycles. The zero-order valence-corrected chi connectivity index (χ0v) is 7.00. The number of hydrogen-bond acceptors (Lipinski definition) is 4. The van der Waals surface area contributed by atoms with E-state index < -0.39 is 0 Å². The summed E-state index contributed by atoms with van der Waals surface area (Å²) in [6.45, 7) is 1.10. The molecule has 0 unspecified atom stereocenters. The predicted molar refractivity (Wildman–Crippen MR) is 41.5 cm³/mol. The largest absolute Gasteiger partial charge is 0.362 e. The first kappa shape index (κ1) is 9.15. The summed E-state index contributed by atoms with van der Waals surface area (Å²) in [4.78, 5) is 23.3. The molecule has 1 aliphatic rings. The predicted octanol–water partition coefficient (Wildman–Crippen LogP) is -1.41. The summed E-state index contributed by atoms with van der Waals surface area (Å²) >= 11 is 0. The van der Waals surface area contributed by atoms with Gasteiger partial charge in [0.2, 0.25) is 0 Å². The third kappa shape index (κ3) is 2.02. The lowest BCUT2D eigenvalue weighted by Crippen LogP contribution is -2.48. The Hall–Kier alpha value is -0.940. The number of rotatable bonds is 3. The number of nitrogens with one attached hydrogen (secondary N) is 1. The number of carbonyl (C=O) groups is 2. The molecule has 0 bridgehead atoms. The minimum atomic E-state index is -0.249. The van der Waals surface area contributed by atoms with Crippen LogP contribution in [0.25, 0.3) is 0 Å². The molecule has 2 amide bonds. The molecule has 0 spiro atoms. The van der Waals surface area contributed by atoms with E-state index in [2.05, 4.69) is 5.32 Å². The second kappa shape index (κ2) is 4.18. The molecule has 0 radical (unpaired) electrons. The molecule has 12 heavy (non-hydrogen) atoms. The normalized spacial score (nSPS) is 18.6. The second-order valence-electron chi connectivity index (χ2n) is 2.54. The molecule has 0 atom stereocenters. The molecule has 5 heteroatoms. The van der Waals surface area contributed by atoms with Gasteiger partial charge < -0.3 is 10.1 Å². The Bertz CT molecular complexity index is 177. The number of ether oxygens (including phenoxy) is 1. The molecule has 1 fully saturated rings.